The summed E-state index contributed by atoms with van der Waals surface area (Å²) >= 11 is 10.9. The first-order valence-corrected chi connectivity index (χ1v) is 8.58. The Bertz CT molecular complexity index is 697. The van der Waals surface area contributed by atoms with Gasteiger partial charge in [-0.3, -0.25) is 0 Å². The van der Waals surface area contributed by atoms with Crippen LogP contribution >= 0.6 is 24.2 Å². The van der Waals surface area contributed by atoms with E-state index >= 15 is 0 Å². The third-order valence-corrected chi connectivity index (χ3v) is 4.84. The largest absolute Gasteiger partial charge is 0.377 e. The number of anilines is 1. The Morgan fingerprint density at radius 3 is 2.87 bits per heavy atom. The molecule has 1 unspecified atom stereocenters. The number of benzene rings is 1. The molecule has 1 fully saturated rings. The minimum absolute atomic E-state index is 0.133. The summed E-state index contributed by atoms with van der Waals surface area (Å²) in [5, 5.41) is 0.121. The summed E-state index contributed by atoms with van der Waals surface area (Å²) in [6, 6.07) is 10.4. The number of nitrogens with zero attached hydrogens (tertiary/aromatic N) is 3. The van der Waals surface area contributed by atoms with Gasteiger partial charge < -0.3 is 9.64 Å². The van der Waals surface area contributed by atoms with Crippen molar-refractivity contribution in [2.45, 2.75) is 25.1 Å². The van der Waals surface area contributed by atoms with Crippen molar-refractivity contribution in [1.82, 2.24) is 9.97 Å². The highest BCUT2D eigenvalue weighted by molar-refractivity contribution is 7.80. The van der Waals surface area contributed by atoms with Crippen molar-refractivity contribution < 1.29 is 4.74 Å². The fourth-order valence-electron chi connectivity index (χ4n) is 2.83. The maximum Gasteiger partial charge on any atom is 0.224 e. The second kappa shape index (κ2) is 7.07. The van der Waals surface area contributed by atoms with Crippen LogP contribution in [0, 0.1) is 6.92 Å². The van der Waals surface area contributed by atoms with Gasteiger partial charge in [0, 0.05) is 12.6 Å². The first-order chi connectivity index (χ1) is 11.1. The van der Waals surface area contributed by atoms with E-state index in [9.17, 15) is 0 Å². The van der Waals surface area contributed by atoms with Crippen LogP contribution in [0.5, 0.6) is 0 Å². The topological polar surface area (TPSA) is 38.2 Å². The molecule has 0 radical (unpaired) electrons. The maximum atomic E-state index is 6.17. The highest BCUT2D eigenvalue weighted by Crippen LogP contribution is 2.32. The molecule has 0 bridgehead atoms. The van der Waals surface area contributed by atoms with Gasteiger partial charge in [-0.1, -0.05) is 24.3 Å². The molecule has 6 heteroatoms. The van der Waals surface area contributed by atoms with E-state index < -0.39 is 0 Å². The molecule has 2 atom stereocenters. The lowest BCUT2D eigenvalue weighted by Gasteiger charge is -2.34. The first-order valence-electron chi connectivity index (χ1n) is 7.68. The number of thiol groups is 1. The zero-order valence-corrected chi connectivity index (χ0v) is 14.9. The maximum absolute atomic E-state index is 6.17. The van der Waals surface area contributed by atoms with Crippen molar-refractivity contribution in [3.8, 4) is 0 Å². The number of halogens is 1. The quantitative estimate of drug-likeness (QED) is 0.677. The van der Waals surface area contributed by atoms with Crippen molar-refractivity contribution in [2.75, 3.05) is 24.7 Å². The van der Waals surface area contributed by atoms with Gasteiger partial charge >= 0.3 is 0 Å². The van der Waals surface area contributed by atoms with E-state index in [1.807, 2.05) is 18.2 Å². The number of hydrogen-bond donors (Lipinski definition) is 1. The number of hydrogen-bond acceptors (Lipinski definition) is 5. The Kier molecular flexibility index (Phi) is 5.09. The Morgan fingerprint density at radius 1 is 1.35 bits per heavy atom. The van der Waals surface area contributed by atoms with E-state index in [-0.39, 0.29) is 16.6 Å². The molecular formula is C17H20ClN3OS. The van der Waals surface area contributed by atoms with E-state index in [4.69, 9.17) is 29.0 Å². The van der Waals surface area contributed by atoms with Gasteiger partial charge in [0.2, 0.25) is 5.28 Å². The molecule has 0 amide bonds. The Hall–Kier alpha value is -1.30. The molecule has 3 rings (SSSR count). The molecule has 122 valence electrons. The molecule has 0 spiro atoms. The molecule has 1 saturated heterocycles. The number of morpholine rings is 1. The van der Waals surface area contributed by atoms with Gasteiger partial charge in [-0.15, -0.1) is 0 Å². The standard InChI is InChI=1S/C17H20ClN3OS/c1-11-5-3-4-6-13(11)16(23)14-9-15(20-17(18)19-14)21-7-8-22-10-12(21)2/h3-6,9,12,16,23H,7-8,10H2,1-2H3/t12-,16?/m0/s1. The average Bonchev–Trinajstić information content (AvgIpc) is 2.54. The van der Waals surface area contributed by atoms with Gasteiger partial charge in [-0.05, 0) is 36.6 Å². The molecular weight excluding hydrogens is 330 g/mol. The van der Waals surface area contributed by atoms with Crippen molar-refractivity contribution >= 4 is 30.0 Å². The van der Waals surface area contributed by atoms with Gasteiger partial charge in [0.25, 0.3) is 0 Å². The lowest BCUT2D eigenvalue weighted by molar-refractivity contribution is 0.0985. The van der Waals surface area contributed by atoms with Crippen LogP contribution in [-0.2, 0) is 4.74 Å². The van der Waals surface area contributed by atoms with Gasteiger partial charge in [0.05, 0.1) is 30.2 Å². The summed E-state index contributed by atoms with van der Waals surface area (Å²) in [6.45, 7) is 6.39. The molecule has 23 heavy (non-hydrogen) atoms. The highest BCUT2D eigenvalue weighted by atomic mass is 35.5. The fraction of sp³-hybridized carbons (Fsp3) is 0.412. The van der Waals surface area contributed by atoms with Gasteiger partial charge in [-0.25, -0.2) is 9.97 Å². The minimum Gasteiger partial charge on any atom is -0.377 e. The summed E-state index contributed by atoms with van der Waals surface area (Å²) in [7, 11) is 0. The summed E-state index contributed by atoms with van der Waals surface area (Å²) in [5.41, 5.74) is 3.13. The summed E-state index contributed by atoms with van der Waals surface area (Å²) < 4.78 is 5.49. The predicted octanol–water partition coefficient (Wildman–Crippen LogP) is 3.68. The zero-order valence-electron chi connectivity index (χ0n) is 13.2. The monoisotopic (exact) mass is 349 g/mol. The SMILES string of the molecule is Cc1ccccc1C(S)c1cc(N2CCOC[C@@H]2C)nc(Cl)n1. The lowest BCUT2D eigenvalue weighted by Crippen LogP contribution is -2.44. The number of rotatable bonds is 3. The van der Waals surface area contributed by atoms with Crippen molar-refractivity contribution in [3.63, 3.8) is 0 Å². The molecule has 1 aliphatic heterocycles. The number of ether oxygens (including phenoxy) is 1. The van der Waals surface area contributed by atoms with Crippen molar-refractivity contribution in [3.05, 3.63) is 52.4 Å². The van der Waals surface area contributed by atoms with Crippen molar-refractivity contribution in [2.24, 2.45) is 0 Å². The van der Waals surface area contributed by atoms with Crippen LogP contribution in [0.4, 0.5) is 5.82 Å². The second-order valence-corrected chi connectivity index (χ2v) is 6.65. The number of aryl methyl sites for hydroxylation is 1. The smallest absolute Gasteiger partial charge is 0.224 e. The zero-order chi connectivity index (χ0) is 16.4. The fourth-order valence-corrected chi connectivity index (χ4v) is 3.44. The van der Waals surface area contributed by atoms with Crippen LogP contribution in [0.1, 0.15) is 29.0 Å². The van der Waals surface area contributed by atoms with E-state index in [1.54, 1.807) is 0 Å². The Balaban J connectivity index is 1.95. The van der Waals surface area contributed by atoms with E-state index in [0.717, 1.165) is 23.6 Å². The number of aromatic nitrogens is 2. The Morgan fingerprint density at radius 2 is 2.13 bits per heavy atom. The van der Waals surface area contributed by atoms with Crippen LogP contribution in [0.2, 0.25) is 5.28 Å². The Labute approximate surface area is 147 Å². The first kappa shape index (κ1) is 16.6. The highest BCUT2D eigenvalue weighted by Gasteiger charge is 2.23. The third kappa shape index (κ3) is 3.62. The molecule has 1 aromatic heterocycles. The molecule has 0 aliphatic carbocycles. The molecule has 1 aromatic carbocycles. The van der Waals surface area contributed by atoms with Crippen LogP contribution in [0.3, 0.4) is 0 Å². The minimum atomic E-state index is -0.133. The molecule has 2 heterocycles. The van der Waals surface area contributed by atoms with E-state index in [0.29, 0.717) is 13.2 Å². The van der Waals surface area contributed by atoms with E-state index in [2.05, 4.69) is 40.8 Å². The lowest BCUT2D eigenvalue weighted by atomic mass is 10.0. The third-order valence-electron chi connectivity index (χ3n) is 4.13. The molecule has 1 aliphatic rings. The summed E-state index contributed by atoms with van der Waals surface area (Å²) in [5.74, 6) is 0.837. The van der Waals surface area contributed by atoms with Crippen LogP contribution < -0.4 is 4.90 Å². The normalized spacial score (nSPS) is 19.7. The summed E-state index contributed by atoms with van der Waals surface area (Å²) in [4.78, 5) is 11.0. The van der Waals surface area contributed by atoms with Gasteiger partial charge in [0.1, 0.15) is 5.82 Å². The predicted molar refractivity (Wildman–Crippen MR) is 96.7 cm³/mol. The molecule has 2 aromatic rings. The van der Waals surface area contributed by atoms with Crippen LogP contribution in [-0.4, -0.2) is 35.8 Å². The van der Waals surface area contributed by atoms with Crippen LogP contribution in [0.25, 0.3) is 0 Å². The molecule has 0 N–H and O–H groups in total. The van der Waals surface area contributed by atoms with Crippen molar-refractivity contribution in [1.29, 1.82) is 0 Å². The molecule has 4 nitrogen and oxygen atoms in total. The summed E-state index contributed by atoms with van der Waals surface area (Å²) in [6.07, 6.45) is 0. The average molecular weight is 350 g/mol. The van der Waals surface area contributed by atoms with Gasteiger partial charge in [-0.2, -0.15) is 12.6 Å². The van der Waals surface area contributed by atoms with Crippen LogP contribution in [0.15, 0.2) is 30.3 Å². The van der Waals surface area contributed by atoms with E-state index in [1.165, 1.54) is 5.56 Å². The second-order valence-electron chi connectivity index (χ2n) is 5.80. The van der Waals surface area contributed by atoms with Gasteiger partial charge in [0.15, 0.2) is 0 Å². The molecule has 0 saturated carbocycles.